The number of benzene rings is 1. The molecule has 1 aliphatic rings. The molecule has 0 unspecified atom stereocenters. The van der Waals surface area contributed by atoms with Crippen LogP contribution in [-0.2, 0) is 0 Å². The van der Waals surface area contributed by atoms with Crippen LogP contribution >= 0.6 is 23.2 Å². The molecule has 1 fully saturated rings. The highest BCUT2D eigenvalue weighted by Crippen LogP contribution is 2.23. The van der Waals surface area contributed by atoms with Crippen molar-refractivity contribution in [1.82, 2.24) is 4.90 Å². The van der Waals surface area contributed by atoms with E-state index in [1.54, 1.807) is 18.2 Å². The van der Waals surface area contributed by atoms with Crippen LogP contribution in [0.1, 0.15) is 10.4 Å². The SMILES string of the molecule is C[NH+]1CCN(C(=O)c2ccc(Cl)c(Cl)c2)CC1. The number of likely N-dealkylation sites (N-methyl/N-ethyl adjacent to an activating group) is 1. The normalized spacial score (nSPS) is 17.2. The van der Waals surface area contributed by atoms with E-state index in [0.29, 0.717) is 15.6 Å². The number of hydrogen-bond donors (Lipinski definition) is 1. The van der Waals surface area contributed by atoms with Gasteiger partial charge in [-0.05, 0) is 18.2 Å². The molecule has 0 atom stereocenters. The Labute approximate surface area is 111 Å². The van der Waals surface area contributed by atoms with Gasteiger partial charge >= 0.3 is 0 Å². The van der Waals surface area contributed by atoms with Gasteiger partial charge in [-0.2, -0.15) is 0 Å². The first kappa shape index (κ1) is 12.7. The molecule has 0 spiro atoms. The first-order chi connectivity index (χ1) is 8.08. The summed E-state index contributed by atoms with van der Waals surface area (Å²) < 4.78 is 0. The Morgan fingerprint density at radius 3 is 2.47 bits per heavy atom. The van der Waals surface area contributed by atoms with Gasteiger partial charge in [0.05, 0.1) is 43.3 Å². The number of piperazine rings is 1. The summed E-state index contributed by atoms with van der Waals surface area (Å²) >= 11 is 11.7. The second kappa shape index (κ2) is 5.25. The van der Waals surface area contributed by atoms with Gasteiger partial charge in [0.25, 0.3) is 5.91 Å². The van der Waals surface area contributed by atoms with Crippen LogP contribution in [0, 0.1) is 0 Å². The van der Waals surface area contributed by atoms with Crippen molar-refractivity contribution in [3.63, 3.8) is 0 Å². The maximum atomic E-state index is 12.2. The van der Waals surface area contributed by atoms with E-state index in [1.165, 1.54) is 4.90 Å². The molecule has 1 aromatic carbocycles. The van der Waals surface area contributed by atoms with Crippen LogP contribution in [0.4, 0.5) is 0 Å². The van der Waals surface area contributed by atoms with Gasteiger partial charge in [-0.3, -0.25) is 4.79 Å². The lowest BCUT2D eigenvalue weighted by Crippen LogP contribution is -3.12. The summed E-state index contributed by atoms with van der Waals surface area (Å²) in [6.07, 6.45) is 0. The fourth-order valence-corrected chi connectivity index (χ4v) is 2.20. The molecule has 0 bridgehead atoms. The molecule has 0 aromatic heterocycles. The molecule has 1 aromatic rings. The summed E-state index contributed by atoms with van der Waals surface area (Å²) in [4.78, 5) is 15.5. The third-order valence-electron chi connectivity index (χ3n) is 3.07. The number of quaternary nitrogens is 1. The van der Waals surface area contributed by atoms with Crippen molar-refractivity contribution in [3.8, 4) is 0 Å². The van der Waals surface area contributed by atoms with Gasteiger partial charge in [-0.1, -0.05) is 23.2 Å². The minimum absolute atomic E-state index is 0.0380. The molecule has 2 rings (SSSR count). The molecule has 5 heteroatoms. The summed E-state index contributed by atoms with van der Waals surface area (Å²) in [6, 6.07) is 5.03. The zero-order valence-corrected chi connectivity index (χ0v) is 11.2. The van der Waals surface area contributed by atoms with Gasteiger partial charge in [0.2, 0.25) is 0 Å². The van der Waals surface area contributed by atoms with Crippen LogP contribution in [-0.4, -0.2) is 44.0 Å². The van der Waals surface area contributed by atoms with Crippen molar-refractivity contribution in [3.05, 3.63) is 33.8 Å². The molecular formula is C12H15Cl2N2O+. The molecule has 92 valence electrons. The van der Waals surface area contributed by atoms with Gasteiger partial charge in [-0.25, -0.2) is 0 Å². The summed E-state index contributed by atoms with van der Waals surface area (Å²) in [5, 5.41) is 0.906. The predicted octanol–water partition coefficient (Wildman–Crippen LogP) is 0.964. The lowest BCUT2D eigenvalue weighted by Gasteiger charge is -2.30. The zero-order valence-electron chi connectivity index (χ0n) is 9.67. The van der Waals surface area contributed by atoms with Crippen LogP contribution in [0.3, 0.4) is 0 Å². The molecule has 0 saturated carbocycles. The molecule has 0 radical (unpaired) electrons. The molecule has 1 amide bonds. The minimum Gasteiger partial charge on any atom is -0.334 e. The molecular weight excluding hydrogens is 259 g/mol. The third kappa shape index (κ3) is 2.92. The van der Waals surface area contributed by atoms with E-state index < -0.39 is 0 Å². The highest BCUT2D eigenvalue weighted by molar-refractivity contribution is 6.42. The van der Waals surface area contributed by atoms with E-state index in [-0.39, 0.29) is 5.91 Å². The van der Waals surface area contributed by atoms with Crippen molar-refractivity contribution >= 4 is 29.1 Å². The highest BCUT2D eigenvalue weighted by atomic mass is 35.5. The predicted molar refractivity (Wildman–Crippen MR) is 69.0 cm³/mol. The maximum absolute atomic E-state index is 12.2. The van der Waals surface area contributed by atoms with E-state index in [1.807, 2.05) is 4.90 Å². The monoisotopic (exact) mass is 273 g/mol. The van der Waals surface area contributed by atoms with Crippen molar-refractivity contribution in [2.45, 2.75) is 0 Å². The standard InChI is InChI=1S/C12H14Cl2N2O/c1-15-4-6-16(7-5-15)12(17)9-2-3-10(13)11(14)8-9/h2-3,8H,4-7H2,1H3/p+1. The summed E-state index contributed by atoms with van der Waals surface area (Å²) in [6.45, 7) is 3.58. The quantitative estimate of drug-likeness (QED) is 0.810. The Bertz CT molecular complexity index is 429. The largest absolute Gasteiger partial charge is 0.334 e. The molecule has 1 N–H and O–H groups in total. The molecule has 17 heavy (non-hydrogen) atoms. The van der Waals surface area contributed by atoms with Gasteiger partial charge < -0.3 is 9.80 Å². The van der Waals surface area contributed by atoms with Crippen LogP contribution in [0.25, 0.3) is 0 Å². The number of amides is 1. The number of carbonyl (C=O) groups excluding carboxylic acids is 1. The van der Waals surface area contributed by atoms with Crippen molar-refractivity contribution in [1.29, 1.82) is 0 Å². The number of nitrogens with one attached hydrogen (secondary N) is 1. The third-order valence-corrected chi connectivity index (χ3v) is 3.81. The second-order valence-corrected chi connectivity index (χ2v) is 5.19. The highest BCUT2D eigenvalue weighted by Gasteiger charge is 2.22. The second-order valence-electron chi connectivity index (χ2n) is 4.38. The molecule has 3 nitrogen and oxygen atoms in total. The minimum atomic E-state index is 0.0380. The summed E-state index contributed by atoms with van der Waals surface area (Å²) in [5.41, 5.74) is 0.610. The topological polar surface area (TPSA) is 24.8 Å². The molecule has 1 aliphatic heterocycles. The van der Waals surface area contributed by atoms with Crippen LogP contribution in [0.5, 0.6) is 0 Å². The first-order valence-electron chi connectivity index (χ1n) is 5.63. The Morgan fingerprint density at radius 1 is 1.24 bits per heavy atom. The average Bonchev–Trinajstić information content (AvgIpc) is 2.33. The van der Waals surface area contributed by atoms with E-state index >= 15 is 0 Å². The Kier molecular flexibility index (Phi) is 3.92. The smallest absolute Gasteiger partial charge is 0.254 e. The average molecular weight is 274 g/mol. The van der Waals surface area contributed by atoms with E-state index in [0.717, 1.165) is 26.2 Å². The lowest BCUT2D eigenvalue weighted by atomic mass is 10.2. The number of nitrogens with zero attached hydrogens (tertiary/aromatic N) is 1. The number of hydrogen-bond acceptors (Lipinski definition) is 1. The molecule has 0 aliphatic carbocycles. The van der Waals surface area contributed by atoms with Crippen molar-refractivity contribution in [2.24, 2.45) is 0 Å². The Hall–Kier alpha value is -0.770. The van der Waals surface area contributed by atoms with E-state index in [4.69, 9.17) is 23.2 Å². The van der Waals surface area contributed by atoms with E-state index in [9.17, 15) is 4.79 Å². The molecule has 1 heterocycles. The van der Waals surface area contributed by atoms with E-state index in [2.05, 4.69) is 7.05 Å². The maximum Gasteiger partial charge on any atom is 0.254 e. The van der Waals surface area contributed by atoms with Gasteiger partial charge in [0.15, 0.2) is 0 Å². The van der Waals surface area contributed by atoms with Gasteiger partial charge in [0.1, 0.15) is 0 Å². The Morgan fingerprint density at radius 2 is 1.88 bits per heavy atom. The van der Waals surface area contributed by atoms with Crippen LogP contribution in [0.2, 0.25) is 10.0 Å². The number of carbonyl (C=O) groups is 1. The van der Waals surface area contributed by atoms with Crippen molar-refractivity contribution in [2.75, 3.05) is 33.2 Å². The molecule has 1 saturated heterocycles. The number of halogens is 2. The Balaban J connectivity index is 2.11. The zero-order chi connectivity index (χ0) is 12.4. The first-order valence-corrected chi connectivity index (χ1v) is 6.39. The van der Waals surface area contributed by atoms with Crippen LogP contribution < -0.4 is 4.90 Å². The summed E-state index contributed by atoms with van der Waals surface area (Å²) in [7, 11) is 2.14. The van der Waals surface area contributed by atoms with Crippen molar-refractivity contribution < 1.29 is 9.69 Å². The fraction of sp³-hybridized carbons (Fsp3) is 0.417. The summed E-state index contributed by atoms with van der Waals surface area (Å²) in [5.74, 6) is 0.0380. The lowest BCUT2D eigenvalue weighted by molar-refractivity contribution is -0.883. The van der Waals surface area contributed by atoms with Crippen LogP contribution in [0.15, 0.2) is 18.2 Å². The van der Waals surface area contributed by atoms with Gasteiger partial charge in [0, 0.05) is 5.56 Å². The van der Waals surface area contributed by atoms with Gasteiger partial charge in [-0.15, -0.1) is 0 Å². The number of rotatable bonds is 1. The fourth-order valence-electron chi connectivity index (χ4n) is 1.90.